The van der Waals surface area contributed by atoms with E-state index in [-0.39, 0.29) is 0 Å². The van der Waals surface area contributed by atoms with E-state index in [0.29, 0.717) is 6.04 Å². The highest BCUT2D eigenvalue weighted by Crippen LogP contribution is 2.13. The summed E-state index contributed by atoms with van der Waals surface area (Å²) in [6.07, 6.45) is 4.52. The van der Waals surface area contributed by atoms with Crippen LogP contribution in [0.1, 0.15) is 33.6 Å². The van der Waals surface area contributed by atoms with Crippen molar-refractivity contribution in [3.63, 3.8) is 0 Å². The van der Waals surface area contributed by atoms with E-state index < -0.39 is 0 Å². The van der Waals surface area contributed by atoms with Crippen LogP contribution in [0.25, 0.3) is 0 Å². The maximum Gasteiger partial charge on any atom is 0.179 e. The summed E-state index contributed by atoms with van der Waals surface area (Å²) in [5.41, 5.74) is 0. The molecule has 1 rings (SSSR count). The van der Waals surface area contributed by atoms with Crippen LogP contribution in [0.15, 0.2) is 0 Å². The van der Waals surface area contributed by atoms with Crippen molar-refractivity contribution in [3.05, 3.63) is 0 Å². The predicted molar refractivity (Wildman–Crippen MR) is 42.4 cm³/mol. The van der Waals surface area contributed by atoms with Crippen molar-refractivity contribution in [2.45, 2.75) is 39.7 Å². The van der Waals surface area contributed by atoms with Gasteiger partial charge in [-0.25, -0.2) is 0 Å². The zero-order valence-corrected chi connectivity index (χ0v) is 7.09. The molecule has 2 heteroatoms. The van der Waals surface area contributed by atoms with Crippen molar-refractivity contribution < 1.29 is 0 Å². The lowest BCUT2D eigenvalue weighted by molar-refractivity contribution is 0.388. The van der Waals surface area contributed by atoms with Gasteiger partial charge in [-0.15, -0.1) is 0 Å². The molecule has 1 saturated heterocycles. The Morgan fingerprint density at radius 2 is 2.10 bits per heavy atom. The summed E-state index contributed by atoms with van der Waals surface area (Å²) in [7, 11) is 0. The van der Waals surface area contributed by atoms with Crippen molar-refractivity contribution >= 4 is 0 Å². The fourth-order valence-electron chi connectivity index (χ4n) is 1.08. The molecule has 0 radical (unpaired) electrons. The van der Waals surface area contributed by atoms with Crippen LogP contribution in [0, 0.1) is 11.5 Å². The third-order valence-corrected chi connectivity index (χ3v) is 1.68. The lowest BCUT2D eigenvalue weighted by atomic mass is 10.2. The van der Waals surface area contributed by atoms with Gasteiger partial charge in [-0.05, 0) is 19.8 Å². The van der Waals surface area contributed by atoms with Crippen LogP contribution in [0.3, 0.4) is 0 Å². The summed E-state index contributed by atoms with van der Waals surface area (Å²) in [6, 6.07) is 0.500. The molecule has 0 aromatic heterocycles. The molecule has 0 N–H and O–H groups in total. The van der Waals surface area contributed by atoms with Crippen LogP contribution in [0.4, 0.5) is 0 Å². The molecule has 0 bridgehead atoms. The van der Waals surface area contributed by atoms with Gasteiger partial charge in [0.25, 0.3) is 0 Å². The molecular weight excluding hydrogens is 124 g/mol. The van der Waals surface area contributed by atoms with Crippen molar-refractivity contribution in [2.75, 3.05) is 6.54 Å². The first-order chi connectivity index (χ1) is 4.84. The second-order valence-electron chi connectivity index (χ2n) is 2.28. The average Bonchev–Trinajstić information content (AvgIpc) is 2.39. The van der Waals surface area contributed by atoms with Gasteiger partial charge in [-0.2, -0.15) is 5.26 Å². The van der Waals surface area contributed by atoms with Crippen LogP contribution < -0.4 is 0 Å². The Labute approximate surface area is 63.4 Å². The Balaban J connectivity index is 0.000000371. The molecule has 0 aliphatic carbocycles. The third-order valence-electron chi connectivity index (χ3n) is 1.68. The fourth-order valence-corrected chi connectivity index (χ4v) is 1.08. The van der Waals surface area contributed by atoms with E-state index in [1.165, 1.54) is 12.8 Å². The Morgan fingerprint density at radius 1 is 1.50 bits per heavy atom. The van der Waals surface area contributed by atoms with Crippen LogP contribution in [-0.2, 0) is 0 Å². The Kier molecular flexibility index (Phi) is 4.74. The number of likely N-dealkylation sites (tertiary alicyclic amines) is 1. The summed E-state index contributed by atoms with van der Waals surface area (Å²) < 4.78 is 0. The molecule has 1 fully saturated rings. The Bertz CT molecular complexity index is 115. The van der Waals surface area contributed by atoms with Gasteiger partial charge in [-0.3, -0.25) is 0 Å². The first-order valence-electron chi connectivity index (χ1n) is 4.01. The summed E-state index contributed by atoms with van der Waals surface area (Å²) in [4.78, 5) is 1.83. The average molecular weight is 140 g/mol. The zero-order valence-electron chi connectivity index (χ0n) is 7.09. The van der Waals surface area contributed by atoms with E-state index in [2.05, 4.69) is 13.1 Å². The van der Waals surface area contributed by atoms with Gasteiger partial charge in [0.05, 0.1) is 0 Å². The second kappa shape index (κ2) is 5.10. The standard InChI is InChI=1S/C6H10N2.C2H6/c1-6-3-2-4-8(6)5-7;1-2/h6H,2-4H2,1H3;1-2H3. The maximum absolute atomic E-state index is 8.41. The number of hydrogen-bond donors (Lipinski definition) is 0. The van der Waals surface area contributed by atoms with E-state index in [1.807, 2.05) is 18.7 Å². The predicted octanol–water partition coefficient (Wildman–Crippen LogP) is 1.98. The minimum atomic E-state index is 0.500. The number of nitrogens with zero attached hydrogens (tertiary/aromatic N) is 2. The van der Waals surface area contributed by atoms with E-state index in [9.17, 15) is 0 Å². The largest absolute Gasteiger partial charge is 0.308 e. The molecule has 0 aromatic carbocycles. The Hall–Kier alpha value is -0.710. The summed E-state index contributed by atoms with van der Waals surface area (Å²) in [6.45, 7) is 7.06. The van der Waals surface area contributed by atoms with Gasteiger partial charge in [0.15, 0.2) is 6.19 Å². The summed E-state index contributed by atoms with van der Waals surface area (Å²) >= 11 is 0. The topological polar surface area (TPSA) is 27.0 Å². The Morgan fingerprint density at radius 3 is 2.30 bits per heavy atom. The lowest BCUT2D eigenvalue weighted by Crippen LogP contribution is -2.20. The minimum absolute atomic E-state index is 0.500. The molecule has 0 amide bonds. The molecule has 58 valence electrons. The normalized spacial score (nSPS) is 23.0. The van der Waals surface area contributed by atoms with Crippen molar-refractivity contribution in [3.8, 4) is 6.19 Å². The zero-order chi connectivity index (χ0) is 7.98. The van der Waals surface area contributed by atoms with Crippen molar-refractivity contribution in [2.24, 2.45) is 0 Å². The van der Waals surface area contributed by atoms with Crippen LogP contribution in [-0.4, -0.2) is 17.5 Å². The molecule has 1 atom stereocenters. The van der Waals surface area contributed by atoms with E-state index >= 15 is 0 Å². The van der Waals surface area contributed by atoms with E-state index in [0.717, 1.165) is 6.54 Å². The van der Waals surface area contributed by atoms with Gasteiger partial charge in [0.1, 0.15) is 0 Å². The van der Waals surface area contributed by atoms with Gasteiger partial charge in [0, 0.05) is 12.6 Å². The molecule has 10 heavy (non-hydrogen) atoms. The maximum atomic E-state index is 8.41. The summed E-state index contributed by atoms with van der Waals surface area (Å²) in [5, 5.41) is 8.41. The quantitative estimate of drug-likeness (QED) is 0.481. The molecule has 2 nitrogen and oxygen atoms in total. The molecule has 1 heterocycles. The molecule has 0 spiro atoms. The van der Waals surface area contributed by atoms with E-state index in [4.69, 9.17) is 5.26 Å². The smallest absolute Gasteiger partial charge is 0.179 e. The number of hydrogen-bond acceptors (Lipinski definition) is 2. The second-order valence-corrected chi connectivity index (χ2v) is 2.28. The molecule has 1 aliphatic heterocycles. The number of nitriles is 1. The van der Waals surface area contributed by atoms with Gasteiger partial charge in [-0.1, -0.05) is 13.8 Å². The highest BCUT2D eigenvalue weighted by atomic mass is 15.2. The molecule has 1 aliphatic rings. The first kappa shape index (κ1) is 9.29. The molecule has 0 aromatic rings. The van der Waals surface area contributed by atoms with Crippen molar-refractivity contribution in [1.82, 2.24) is 4.90 Å². The van der Waals surface area contributed by atoms with Gasteiger partial charge in [0.2, 0.25) is 0 Å². The third kappa shape index (κ3) is 2.26. The van der Waals surface area contributed by atoms with Crippen LogP contribution >= 0.6 is 0 Å². The molecule has 1 unspecified atom stereocenters. The van der Waals surface area contributed by atoms with E-state index in [1.54, 1.807) is 0 Å². The summed E-state index contributed by atoms with van der Waals surface area (Å²) in [5.74, 6) is 0. The first-order valence-corrected chi connectivity index (χ1v) is 4.01. The lowest BCUT2D eigenvalue weighted by Gasteiger charge is -2.10. The van der Waals surface area contributed by atoms with Gasteiger partial charge < -0.3 is 4.90 Å². The van der Waals surface area contributed by atoms with Crippen LogP contribution in [0.2, 0.25) is 0 Å². The highest BCUT2D eigenvalue weighted by Gasteiger charge is 2.17. The molecule has 0 saturated carbocycles. The number of rotatable bonds is 0. The molecular formula is C8H16N2. The SMILES string of the molecule is CC.CC1CCCN1C#N. The van der Waals surface area contributed by atoms with Crippen LogP contribution in [0.5, 0.6) is 0 Å². The monoisotopic (exact) mass is 140 g/mol. The van der Waals surface area contributed by atoms with Gasteiger partial charge >= 0.3 is 0 Å². The van der Waals surface area contributed by atoms with Crippen molar-refractivity contribution in [1.29, 1.82) is 5.26 Å². The highest BCUT2D eigenvalue weighted by molar-refractivity contribution is 4.84. The minimum Gasteiger partial charge on any atom is -0.308 e. The fraction of sp³-hybridized carbons (Fsp3) is 0.875.